The lowest BCUT2D eigenvalue weighted by Crippen LogP contribution is -2.33. The molecule has 5 nitrogen and oxygen atoms in total. The van der Waals surface area contributed by atoms with Crippen LogP contribution in [0, 0.1) is 0 Å². The topological polar surface area (TPSA) is 83.6 Å². The molecule has 0 saturated carbocycles. The Morgan fingerprint density at radius 3 is 1.83 bits per heavy atom. The Balaban J connectivity index is 1.70. The van der Waals surface area contributed by atoms with Gasteiger partial charge in [0.2, 0.25) is 0 Å². The van der Waals surface area contributed by atoms with Crippen LogP contribution < -0.4 is 5.73 Å². The lowest BCUT2D eigenvalue weighted by atomic mass is 10.0. The number of carbonyl (C=O) groups is 2. The van der Waals surface area contributed by atoms with Crippen molar-refractivity contribution in [2.75, 3.05) is 19.6 Å². The monoisotopic (exact) mass is 402 g/mol. The largest absolute Gasteiger partial charge is 0.507 e. The molecule has 0 saturated heterocycles. The molecule has 0 aromatic heterocycles. The number of carbonyl (C=O) groups excluding carboxylic acids is 2. The van der Waals surface area contributed by atoms with Gasteiger partial charge in [0.1, 0.15) is 5.75 Å². The third-order valence-electron chi connectivity index (χ3n) is 5.07. The predicted molar refractivity (Wildman–Crippen MR) is 118 cm³/mol. The van der Waals surface area contributed by atoms with Gasteiger partial charge in [-0.1, -0.05) is 60.7 Å². The van der Waals surface area contributed by atoms with E-state index in [1.807, 2.05) is 36.4 Å². The molecule has 0 aliphatic heterocycles. The van der Waals surface area contributed by atoms with Crippen molar-refractivity contribution in [1.29, 1.82) is 0 Å². The summed E-state index contributed by atoms with van der Waals surface area (Å²) < 4.78 is 0. The number of amides is 1. The van der Waals surface area contributed by atoms with E-state index in [4.69, 9.17) is 5.73 Å². The first kappa shape index (κ1) is 21.3. The van der Waals surface area contributed by atoms with Crippen LogP contribution in [-0.2, 0) is 12.8 Å². The van der Waals surface area contributed by atoms with E-state index in [0.717, 1.165) is 25.9 Å². The number of benzene rings is 3. The average molecular weight is 402 g/mol. The zero-order chi connectivity index (χ0) is 21.3. The molecule has 5 heteroatoms. The first-order valence-corrected chi connectivity index (χ1v) is 9.99. The molecule has 0 heterocycles. The summed E-state index contributed by atoms with van der Waals surface area (Å²) in [6, 6.07) is 24.6. The molecule has 1 amide bonds. The van der Waals surface area contributed by atoms with Gasteiger partial charge in [0.15, 0.2) is 5.78 Å². The molecule has 0 spiro atoms. The molecule has 3 aromatic carbocycles. The van der Waals surface area contributed by atoms with Crippen molar-refractivity contribution in [2.45, 2.75) is 12.8 Å². The van der Waals surface area contributed by atoms with Crippen LogP contribution in [-0.4, -0.2) is 41.3 Å². The maximum atomic E-state index is 12.9. The molecule has 0 aliphatic rings. The first-order chi connectivity index (χ1) is 14.5. The second-order valence-electron chi connectivity index (χ2n) is 7.27. The number of primary amides is 1. The molecule has 3 N–H and O–H groups in total. The van der Waals surface area contributed by atoms with Crippen molar-refractivity contribution in [3.63, 3.8) is 0 Å². The minimum atomic E-state index is -0.757. The summed E-state index contributed by atoms with van der Waals surface area (Å²) in [5, 5.41) is 9.77. The third-order valence-corrected chi connectivity index (χ3v) is 5.07. The summed E-state index contributed by atoms with van der Waals surface area (Å²) in [5.41, 5.74) is 8.05. The van der Waals surface area contributed by atoms with Crippen LogP contribution in [0.25, 0.3) is 0 Å². The van der Waals surface area contributed by atoms with Crippen molar-refractivity contribution in [1.82, 2.24) is 4.90 Å². The van der Waals surface area contributed by atoms with Gasteiger partial charge in [0, 0.05) is 18.7 Å². The number of phenols is 1. The lowest BCUT2D eigenvalue weighted by Gasteiger charge is -2.22. The Morgan fingerprint density at radius 1 is 0.800 bits per heavy atom. The van der Waals surface area contributed by atoms with Gasteiger partial charge in [-0.2, -0.15) is 0 Å². The fourth-order valence-electron chi connectivity index (χ4n) is 3.33. The van der Waals surface area contributed by atoms with E-state index in [0.29, 0.717) is 5.56 Å². The highest BCUT2D eigenvalue weighted by Gasteiger charge is 2.16. The van der Waals surface area contributed by atoms with Crippen molar-refractivity contribution in [2.24, 2.45) is 5.73 Å². The van der Waals surface area contributed by atoms with Crippen molar-refractivity contribution in [3.05, 3.63) is 101 Å². The predicted octanol–water partition coefficient (Wildman–Crippen LogP) is 3.46. The van der Waals surface area contributed by atoms with E-state index in [9.17, 15) is 14.7 Å². The molecular formula is C25H26N2O3. The van der Waals surface area contributed by atoms with E-state index in [1.165, 1.54) is 29.3 Å². The molecule has 3 rings (SSSR count). The molecule has 3 aromatic rings. The SMILES string of the molecule is NC(=O)c1cc(C(=O)CN(CCc2ccccc2)CCc2ccccc2)ccc1O. The van der Waals surface area contributed by atoms with Crippen molar-refractivity contribution < 1.29 is 14.7 Å². The quantitative estimate of drug-likeness (QED) is 0.509. The van der Waals surface area contributed by atoms with E-state index >= 15 is 0 Å². The molecule has 0 atom stereocenters. The number of ketones is 1. The van der Waals surface area contributed by atoms with Gasteiger partial charge in [-0.3, -0.25) is 14.5 Å². The van der Waals surface area contributed by atoms with Gasteiger partial charge in [-0.05, 0) is 42.2 Å². The zero-order valence-electron chi connectivity index (χ0n) is 16.8. The molecule has 30 heavy (non-hydrogen) atoms. The van der Waals surface area contributed by atoms with Gasteiger partial charge < -0.3 is 10.8 Å². The number of nitrogens with two attached hydrogens (primary N) is 1. The molecule has 0 radical (unpaired) electrons. The minimum absolute atomic E-state index is 0.0408. The average Bonchev–Trinajstić information content (AvgIpc) is 2.77. The van der Waals surface area contributed by atoms with Gasteiger partial charge in [0.25, 0.3) is 5.91 Å². The van der Waals surface area contributed by atoms with Crippen molar-refractivity contribution >= 4 is 11.7 Å². The van der Waals surface area contributed by atoms with Crippen LogP contribution >= 0.6 is 0 Å². The maximum absolute atomic E-state index is 12.9. The molecular weight excluding hydrogens is 376 g/mol. The minimum Gasteiger partial charge on any atom is -0.507 e. The lowest BCUT2D eigenvalue weighted by molar-refractivity contribution is 0.0931. The van der Waals surface area contributed by atoms with Crippen LogP contribution in [0.4, 0.5) is 0 Å². The number of hydrogen-bond donors (Lipinski definition) is 2. The zero-order valence-corrected chi connectivity index (χ0v) is 16.8. The van der Waals surface area contributed by atoms with Crippen LogP contribution in [0.3, 0.4) is 0 Å². The fourth-order valence-corrected chi connectivity index (χ4v) is 3.33. The number of aromatic hydroxyl groups is 1. The Bertz CT molecular complexity index is 944. The van der Waals surface area contributed by atoms with Gasteiger partial charge in [-0.15, -0.1) is 0 Å². The third kappa shape index (κ3) is 6.03. The van der Waals surface area contributed by atoms with E-state index in [1.54, 1.807) is 0 Å². The van der Waals surface area contributed by atoms with Gasteiger partial charge >= 0.3 is 0 Å². The normalized spacial score (nSPS) is 10.8. The number of rotatable bonds is 10. The Kier molecular flexibility index (Phi) is 7.35. The van der Waals surface area contributed by atoms with E-state index in [-0.39, 0.29) is 23.6 Å². The Hall–Kier alpha value is -3.44. The molecule has 154 valence electrons. The van der Waals surface area contributed by atoms with E-state index in [2.05, 4.69) is 29.2 Å². The summed E-state index contributed by atoms with van der Waals surface area (Å²) >= 11 is 0. The molecule has 0 aliphatic carbocycles. The summed E-state index contributed by atoms with van der Waals surface area (Å²) in [7, 11) is 0. The highest BCUT2D eigenvalue weighted by atomic mass is 16.3. The number of nitrogens with zero attached hydrogens (tertiary/aromatic N) is 1. The molecule has 0 unspecified atom stereocenters. The maximum Gasteiger partial charge on any atom is 0.252 e. The summed E-state index contributed by atoms with van der Waals surface area (Å²) in [5.74, 6) is -1.09. The van der Waals surface area contributed by atoms with Crippen LogP contribution in [0.15, 0.2) is 78.9 Å². The summed E-state index contributed by atoms with van der Waals surface area (Å²) in [6.45, 7) is 1.70. The fraction of sp³-hybridized carbons (Fsp3) is 0.200. The number of Topliss-reactive ketones (excluding diaryl/α,β-unsaturated/α-hetero) is 1. The smallest absolute Gasteiger partial charge is 0.252 e. The second kappa shape index (κ2) is 10.4. The first-order valence-electron chi connectivity index (χ1n) is 9.99. The van der Waals surface area contributed by atoms with Crippen LogP contribution in [0.2, 0.25) is 0 Å². The standard InChI is InChI=1S/C25H26N2O3/c26-25(30)22-17-21(11-12-23(22)28)24(29)18-27(15-13-19-7-3-1-4-8-19)16-14-20-9-5-2-6-10-20/h1-12,17,28H,13-16,18H2,(H2,26,30). The van der Waals surface area contributed by atoms with Gasteiger partial charge in [-0.25, -0.2) is 0 Å². The highest BCUT2D eigenvalue weighted by molar-refractivity contribution is 6.02. The second-order valence-corrected chi connectivity index (χ2v) is 7.27. The molecule has 0 fully saturated rings. The summed E-state index contributed by atoms with van der Waals surface area (Å²) in [4.78, 5) is 26.5. The Morgan fingerprint density at radius 2 is 1.33 bits per heavy atom. The molecule has 0 bridgehead atoms. The van der Waals surface area contributed by atoms with Crippen LogP contribution in [0.5, 0.6) is 5.75 Å². The van der Waals surface area contributed by atoms with Gasteiger partial charge in [0.05, 0.1) is 12.1 Å². The Labute approximate surface area is 176 Å². The van der Waals surface area contributed by atoms with Crippen LogP contribution in [0.1, 0.15) is 31.8 Å². The number of hydrogen-bond acceptors (Lipinski definition) is 4. The van der Waals surface area contributed by atoms with E-state index < -0.39 is 5.91 Å². The van der Waals surface area contributed by atoms with Crippen molar-refractivity contribution in [3.8, 4) is 5.75 Å². The summed E-state index contributed by atoms with van der Waals surface area (Å²) in [6.07, 6.45) is 1.68. The highest BCUT2D eigenvalue weighted by Crippen LogP contribution is 2.18.